The molecule has 1 unspecified atom stereocenters. The number of carbonyl (C=O) groups is 1. The second-order valence-corrected chi connectivity index (χ2v) is 5.75. The van der Waals surface area contributed by atoms with E-state index in [1.54, 1.807) is 0 Å². The molecule has 0 aliphatic carbocycles. The van der Waals surface area contributed by atoms with Gasteiger partial charge in [-0.3, -0.25) is 9.69 Å². The second kappa shape index (κ2) is 10.8. The van der Waals surface area contributed by atoms with Crippen molar-refractivity contribution in [3.8, 4) is 0 Å². The monoisotopic (exact) mass is 383 g/mol. The van der Waals surface area contributed by atoms with Gasteiger partial charge in [-0.05, 0) is 24.9 Å². The summed E-state index contributed by atoms with van der Waals surface area (Å²) in [6.45, 7) is 0.0101. The number of hydrogen-bond acceptors (Lipinski definition) is 3. The van der Waals surface area contributed by atoms with Gasteiger partial charge in [0, 0.05) is 6.54 Å². The van der Waals surface area contributed by atoms with Gasteiger partial charge in [-0.25, -0.2) is 8.78 Å². The lowest BCUT2D eigenvalue weighted by Crippen LogP contribution is -2.52. The van der Waals surface area contributed by atoms with Crippen LogP contribution in [0.15, 0.2) is 30.3 Å². The molecular weight excluding hydrogens is 359 g/mol. The molecule has 1 amide bonds. The molecule has 1 atom stereocenters. The van der Waals surface area contributed by atoms with E-state index in [1.165, 1.54) is 0 Å². The molecule has 1 aliphatic rings. The van der Waals surface area contributed by atoms with Crippen molar-refractivity contribution in [2.45, 2.75) is 37.8 Å². The number of piperidine rings is 1. The van der Waals surface area contributed by atoms with Crippen molar-refractivity contribution >= 4 is 30.7 Å². The number of rotatable bonds is 6. The van der Waals surface area contributed by atoms with E-state index in [1.807, 2.05) is 30.3 Å². The molecule has 0 aromatic heterocycles. The number of carbonyl (C=O) groups excluding carboxylic acids is 1. The fourth-order valence-electron chi connectivity index (χ4n) is 2.70. The first kappa shape index (κ1) is 23.1. The predicted octanol–water partition coefficient (Wildman–Crippen LogP) is 2.59. The van der Waals surface area contributed by atoms with E-state index in [-0.39, 0.29) is 36.8 Å². The van der Waals surface area contributed by atoms with E-state index in [9.17, 15) is 13.6 Å². The van der Waals surface area contributed by atoms with Gasteiger partial charge >= 0.3 is 0 Å². The van der Waals surface area contributed by atoms with Gasteiger partial charge in [-0.2, -0.15) is 0 Å². The Kier molecular flexibility index (Phi) is 10.4. The zero-order valence-electron chi connectivity index (χ0n) is 13.4. The fraction of sp³-hybridized carbons (Fsp3) is 0.562. The van der Waals surface area contributed by atoms with Gasteiger partial charge in [-0.1, -0.05) is 36.8 Å². The number of amides is 1. The maximum Gasteiger partial charge on any atom is 0.277 e. The number of halogens is 4. The third kappa shape index (κ3) is 6.89. The third-order valence-electron chi connectivity index (χ3n) is 3.96. The third-order valence-corrected chi connectivity index (χ3v) is 3.96. The Balaban J connectivity index is 0.00000264. The summed E-state index contributed by atoms with van der Waals surface area (Å²) in [6.07, 6.45) is 2.67. The maximum atomic E-state index is 13.2. The quantitative estimate of drug-likeness (QED) is 0.793. The molecular formula is C16H25Cl2F2N3O. The van der Waals surface area contributed by atoms with Gasteiger partial charge in [0.25, 0.3) is 5.92 Å². The van der Waals surface area contributed by atoms with Crippen LogP contribution in [-0.2, 0) is 11.3 Å². The standard InChI is InChI=1S/C16H23F2N3O.2ClH/c17-16(18,11-19)12-20-15(22)14-8-4-5-9-21(14)10-13-6-2-1-3-7-13;;/h1-3,6-7,14H,4-5,8-12,19H2,(H,20,22);2*1H. The summed E-state index contributed by atoms with van der Waals surface area (Å²) >= 11 is 0. The Hall–Kier alpha value is -0.950. The molecule has 4 nitrogen and oxygen atoms in total. The van der Waals surface area contributed by atoms with Gasteiger partial charge in [0.1, 0.15) is 0 Å². The highest BCUT2D eigenvalue weighted by Crippen LogP contribution is 2.20. The molecule has 8 heteroatoms. The minimum absolute atomic E-state index is 0. The molecule has 1 heterocycles. The number of benzene rings is 1. The second-order valence-electron chi connectivity index (χ2n) is 5.75. The van der Waals surface area contributed by atoms with E-state index < -0.39 is 19.0 Å². The van der Waals surface area contributed by atoms with Gasteiger partial charge in [0.15, 0.2) is 0 Å². The summed E-state index contributed by atoms with van der Waals surface area (Å²) in [6, 6.07) is 9.52. The molecule has 2 rings (SSSR count). The molecule has 1 fully saturated rings. The number of nitrogens with zero attached hydrogens (tertiary/aromatic N) is 1. The van der Waals surface area contributed by atoms with E-state index in [2.05, 4.69) is 10.2 Å². The Morgan fingerprint density at radius 1 is 1.25 bits per heavy atom. The SMILES string of the molecule is Cl.Cl.NCC(F)(F)CNC(=O)C1CCCCN1Cc1ccccc1. The first-order valence-electron chi connectivity index (χ1n) is 7.65. The van der Waals surface area contributed by atoms with E-state index >= 15 is 0 Å². The van der Waals surface area contributed by atoms with Crippen LogP contribution >= 0.6 is 24.8 Å². The normalized spacial score (nSPS) is 18.2. The van der Waals surface area contributed by atoms with Crippen molar-refractivity contribution in [3.63, 3.8) is 0 Å². The van der Waals surface area contributed by atoms with Crippen LogP contribution in [0, 0.1) is 0 Å². The Morgan fingerprint density at radius 2 is 1.92 bits per heavy atom. The summed E-state index contributed by atoms with van der Waals surface area (Å²) in [5.74, 6) is -3.38. The van der Waals surface area contributed by atoms with Crippen LogP contribution in [-0.4, -0.2) is 42.4 Å². The lowest BCUT2D eigenvalue weighted by atomic mass is 10.0. The zero-order chi connectivity index (χ0) is 16.0. The lowest BCUT2D eigenvalue weighted by Gasteiger charge is -2.35. The van der Waals surface area contributed by atoms with Gasteiger partial charge in [0.05, 0.1) is 19.1 Å². The number of alkyl halides is 2. The number of likely N-dealkylation sites (tertiary alicyclic amines) is 1. The van der Waals surface area contributed by atoms with E-state index in [4.69, 9.17) is 5.73 Å². The van der Waals surface area contributed by atoms with Crippen molar-refractivity contribution < 1.29 is 13.6 Å². The van der Waals surface area contributed by atoms with Crippen molar-refractivity contribution in [3.05, 3.63) is 35.9 Å². The minimum atomic E-state index is -3.05. The molecule has 1 aromatic carbocycles. The summed E-state index contributed by atoms with van der Waals surface area (Å²) in [5.41, 5.74) is 6.11. The molecule has 0 bridgehead atoms. The highest BCUT2D eigenvalue weighted by molar-refractivity contribution is 5.85. The van der Waals surface area contributed by atoms with E-state index in [0.717, 1.165) is 24.9 Å². The molecule has 0 spiro atoms. The first-order chi connectivity index (χ1) is 10.5. The van der Waals surface area contributed by atoms with Gasteiger partial charge in [-0.15, -0.1) is 24.8 Å². The number of nitrogens with one attached hydrogen (secondary N) is 1. The van der Waals surface area contributed by atoms with Gasteiger partial charge in [0.2, 0.25) is 5.91 Å². The summed E-state index contributed by atoms with van der Waals surface area (Å²) in [5, 5.41) is 2.35. The molecule has 1 aliphatic heterocycles. The Labute approximate surface area is 154 Å². The number of hydrogen-bond donors (Lipinski definition) is 2. The summed E-state index contributed by atoms with van der Waals surface area (Å²) < 4.78 is 26.3. The lowest BCUT2D eigenvalue weighted by molar-refractivity contribution is -0.129. The molecule has 1 saturated heterocycles. The fourth-order valence-corrected chi connectivity index (χ4v) is 2.70. The largest absolute Gasteiger partial charge is 0.349 e. The average molecular weight is 384 g/mol. The number of nitrogens with two attached hydrogens (primary N) is 1. The van der Waals surface area contributed by atoms with Crippen LogP contribution in [0.1, 0.15) is 24.8 Å². The van der Waals surface area contributed by atoms with Crippen LogP contribution in [0.25, 0.3) is 0 Å². The first-order valence-corrected chi connectivity index (χ1v) is 7.65. The zero-order valence-corrected chi connectivity index (χ0v) is 15.1. The molecule has 3 N–H and O–H groups in total. The Morgan fingerprint density at radius 3 is 2.54 bits per heavy atom. The van der Waals surface area contributed by atoms with E-state index in [0.29, 0.717) is 13.0 Å². The smallest absolute Gasteiger partial charge is 0.277 e. The minimum Gasteiger partial charge on any atom is -0.349 e. The summed E-state index contributed by atoms with van der Waals surface area (Å²) in [7, 11) is 0. The van der Waals surface area contributed by atoms with Crippen LogP contribution in [0.3, 0.4) is 0 Å². The molecule has 0 saturated carbocycles. The van der Waals surface area contributed by atoms with Crippen molar-refractivity contribution in [1.82, 2.24) is 10.2 Å². The summed E-state index contributed by atoms with van der Waals surface area (Å²) in [4.78, 5) is 14.3. The van der Waals surface area contributed by atoms with Crippen molar-refractivity contribution in [1.29, 1.82) is 0 Å². The van der Waals surface area contributed by atoms with Crippen LogP contribution < -0.4 is 11.1 Å². The Bertz CT molecular complexity index is 491. The molecule has 138 valence electrons. The predicted molar refractivity (Wildman–Crippen MR) is 96.0 cm³/mol. The average Bonchev–Trinajstić information content (AvgIpc) is 2.54. The topological polar surface area (TPSA) is 58.4 Å². The van der Waals surface area contributed by atoms with Crippen LogP contribution in [0.5, 0.6) is 0 Å². The molecule has 24 heavy (non-hydrogen) atoms. The van der Waals surface area contributed by atoms with Crippen molar-refractivity contribution in [2.75, 3.05) is 19.6 Å². The maximum absolute atomic E-state index is 13.2. The molecule has 1 aromatic rings. The highest BCUT2D eigenvalue weighted by atomic mass is 35.5. The van der Waals surface area contributed by atoms with Crippen LogP contribution in [0.2, 0.25) is 0 Å². The van der Waals surface area contributed by atoms with Crippen LogP contribution in [0.4, 0.5) is 8.78 Å². The highest BCUT2D eigenvalue weighted by Gasteiger charge is 2.32. The molecule has 0 radical (unpaired) electrons. The van der Waals surface area contributed by atoms with Crippen molar-refractivity contribution in [2.24, 2.45) is 5.73 Å². The van der Waals surface area contributed by atoms with Gasteiger partial charge < -0.3 is 11.1 Å².